The zero-order valence-electron chi connectivity index (χ0n) is 30.1. The molecule has 4 amide bonds. The maximum absolute atomic E-state index is 14.2. The first kappa shape index (κ1) is 38.2. The number of benzene rings is 1. The van der Waals surface area contributed by atoms with Crippen molar-refractivity contribution >= 4 is 23.6 Å². The highest BCUT2D eigenvalue weighted by Gasteiger charge is 2.40. The van der Waals surface area contributed by atoms with E-state index in [1.165, 1.54) is 0 Å². The molecule has 0 bridgehead atoms. The van der Waals surface area contributed by atoms with Crippen LogP contribution in [0.25, 0.3) is 0 Å². The lowest BCUT2D eigenvalue weighted by Crippen LogP contribution is -2.60. The number of nitrogens with zero attached hydrogens (tertiary/aromatic N) is 3. The van der Waals surface area contributed by atoms with Crippen molar-refractivity contribution in [1.82, 2.24) is 25.3 Å². The summed E-state index contributed by atoms with van der Waals surface area (Å²) in [7, 11) is 1.73. The number of piperidine rings is 1. The number of carbonyl (C=O) groups excluding carboxylic acids is 4. The predicted molar refractivity (Wildman–Crippen MR) is 185 cm³/mol. The Morgan fingerprint density at radius 1 is 0.936 bits per heavy atom. The molecule has 2 aliphatic rings. The number of likely N-dealkylation sites (tertiary alicyclic amines) is 2. The highest BCUT2D eigenvalue weighted by atomic mass is 16.3. The van der Waals surface area contributed by atoms with E-state index in [9.17, 15) is 24.3 Å². The van der Waals surface area contributed by atoms with E-state index in [0.717, 1.165) is 31.4 Å². The molecule has 10 heteroatoms. The van der Waals surface area contributed by atoms with Crippen molar-refractivity contribution in [3.05, 3.63) is 47.5 Å². The third-order valence-electron chi connectivity index (χ3n) is 9.66. The van der Waals surface area contributed by atoms with E-state index in [1.807, 2.05) is 71.0 Å². The van der Waals surface area contributed by atoms with Gasteiger partial charge in [-0.25, -0.2) is 0 Å². The summed E-state index contributed by atoms with van der Waals surface area (Å²) in [5.41, 5.74) is 0.705. The molecule has 5 atom stereocenters. The molecule has 0 radical (unpaired) electrons. The largest absolute Gasteiger partial charge is 0.394 e. The number of aliphatic hydroxyl groups is 1. The lowest BCUT2D eigenvalue weighted by Gasteiger charge is -2.41. The summed E-state index contributed by atoms with van der Waals surface area (Å²) >= 11 is 0. The number of aliphatic hydroxyl groups excluding tert-OH is 1. The van der Waals surface area contributed by atoms with Crippen LogP contribution in [-0.4, -0.2) is 100 Å². The predicted octanol–water partition coefficient (Wildman–Crippen LogP) is 4.05. The standard InChI is InChI=1S/C37H59N5O5/c1-24(2)31(40(9)36(47)32(37(6,7)8)39-34(45)29-18-13-14-20-41(29)25(3)4)22-26(5)35(46)42-21-15-19-30(42)33(44)38-28(23-43)27-16-11-10-12-17-27/h10-12,16-17,22,24-25,28-32,43H,13-15,18-21,23H2,1-9H3,(H,38,44)(H,39,45)/b26-22+/t28?,29-,30+,31?,32-/m1/s1. The second-order valence-electron chi connectivity index (χ2n) is 15.0. The van der Waals surface area contributed by atoms with E-state index in [0.29, 0.717) is 25.0 Å². The number of hydrogen-bond donors (Lipinski definition) is 3. The fourth-order valence-corrected chi connectivity index (χ4v) is 6.87. The van der Waals surface area contributed by atoms with E-state index in [2.05, 4.69) is 29.4 Å². The number of nitrogens with one attached hydrogen (secondary N) is 2. The zero-order valence-corrected chi connectivity index (χ0v) is 30.1. The number of rotatable bonds is 12. The van der Waals surface area contributed by atoms with Crippen LogP contribution >= 0.6 is 0 Å². The summed E-state index contributed by atoms with van der Waals surface area (Å²) in [4.78, 5) is 60.4. The average molecular weight is 654 g/mol. The first-order valence-electron chi connectivity index (χ1n) is 17.4. The molecule has 0 aliphatic carbocycles. The molecule has 1 aromatic rings. The second kappa shape index (κ2) is 16.7. The smallest absolute Gasteiger partial charge is 0.249 e. The van der Waals surface area contributed by atoms with Crippen LogP contribution in [0.2, 0.25) is 0 Å². The number of hydrogen-bond acceptors (Lipinski definition) is 6. The van der Waals surface area contributed by atoms with Gasteiger partial charge < -0.3 is 25.5 Å². The maximum Gasteiger partial charge on any atom is 0.249 e. The molecule has 0 spiro atoms. The summed E-state index contributed by atoms with van der Waals surface area (Å²) in [6.45, 7) is 16.9. The lowest BCUT2D eigenvalue weighted by molar-refractivity contribution is -0.142. The number of amides is 4. The van der Waals surface area contributed by atoms with Crippen molar-refractivity contribution in [1.29, 1.82) is 0 Å². The summed E-state index contributed by atoms with van der Waals surface area (Å²) < 4.78 is 0. The van der Waals surface area contributed by atoms with Crippen molar-refractivity contribution in [2.45, 2.75) is 124 Å². The molecule has 262 valence electrons. The topological polar surface area (TPSA) is 122 Å². The van der Waals surface area contributed by atoms with Gasteiger partial charge >= 0.3 is 0 Å². The molecule has 2 heterocycles. The van der Waals surface area contributed by atoms with Crippen LogP contribution in [0.5, 0.6) is 0 Å². The molecule has 0 aromatic heterocycles. The van der Waals surface area contributed by atoms with Gasteiger partial charge in [0.25, 0.3) is 0 Å². The maximum atomic E-state index is 14.2. The van der Waals surface area contributed by atoms with E-state index < -0.39 is 29.6 Å². The summed E-state index contributed by atoms with van der Waals surface area (Å²) in [5.74, 6) is -0.885. The molecule has 2 fully saturated rings. The van der Waals surface area contributed by atoms with Crippen LogP contribution in [-0.2, 0) is 19.2 Å². The van der Waals surface area contributed by atoms with Gasteiger partial charge in [0, 0.05) is 25.2 Å². The van der Waals surface area contributed by atoms with Gasteiger partial charge in [-0.15, -0.1) is 0 Å². The fraction of sp³-hybridized carbons (Fsp3) is 0.676. The minimum absolute atomic E-state index is 0.0216. The molecule has 0 saturated carbocycles. The van der Waals surface area contributed by atoms with Crippen molar-refractivity contribution < 1.29 is 24.3 Å². The number of carbonyl (C=O) groups is 4. The van der Waals surface area contributed by atoms with Crippen molar-refractivity contribution in [3.8, 4) is 0 Å². The molecule has 2 saturated heterocycles. The van der Waals surface area contributed by atoms with Crippen LogP contribution < -0.4 is 10.6 Å². The van der Waals surface area contributed by atoms with Gasteiger partial charge in [-0.1, -0.05) is 77.4 Å². The Hall–Kier alpha value is -3.24. The van der Waals surface area contributed by atoms with Crippen LogP contribution in [0, 0.1) is 11.3 Å². The molecule has 2 unspecified atom stereocenters. The van der Waals surface area contributed by atoms with Gasteiger partial charge in [0.15, 0.2) is 0 Å². The zero-order chi connectivity index (χ0) is 35.1. The van der Waals surface area contributed by atoms with Gasteiger partial charge in [-0.05, 0) is 69.9 Å². The highest BCUT2D eigenvalue weighted by molar-refractivity contribution is 5.97. The van der Waals surface area contributed by atoms with E-state index in [-0.39, 0.29) is 48.2 Å². The minimum atomic E-state index is -0.752. The Morgan fingerprint density at radius 3 is 2.13 bits per heavy atom. The Morgan fingerprint density at radius 2 is 1.55 bits per heavy atom. The fourth-order valence-electron chi connectivity index (χ4n) is 6.87. The highest BCUT2D eigenvalue weighted by Crippen LogP contribution is 2.27. The summed E-state index contributed by atoms with van der Waals surface area (Å²) in [6, 6.07) is 6.86. The molecule has 3 rings (SSSR count). The van der Waals surface area contributed by atoms with E-state index in [1.54, 1.807) is 23.8 Å². The molecular formula is C37H59N5O5. The Labute approximate surface area is 282 Å². The van der Waals surface area contributed by atoms with Crippen molar-refractivity contribution in [3.63, 3.8) is 0 Å². The van der Waals surface area contributed by atoms with Crippen LogP contribution in [0.4, 0.5) is 0 Å². The van der Waals surface area contributed by atoms with Gasteiger partial charge in [0.1, 0.15) is 12.1 Å². The Kier molecular flexibility index (Phi) is 13.6. The van der Waals surface area contributed by atoms with Gasteiger partial charge in [0.2, 0.25) is 23.6 Å². The molecular weight excluding hydrogens is 594 g/mol. The first-order valence-corrected chi connectivity index (χ1v) is 17.4. The quantitative estimate of drug-likeness (QED) is 0.293. The van der Waals surface area contributed by atoms with Crippen molar-refractivity contribution in [2.24, 2.45) is 11.3 Å². The SMILES string of the molecule is C/C(=C\C(C(C)C)N(C)C(=O)[C@@H](NC(=O)[C@H]1CCCCN1C(C)C)C(C)(C)C)C(=O)N1CCC[C@H]1C(=O)NC(CO)c1ccccc1. The van der Waals surface area contributed by atoms with Crippen LogP contribution in [0.1, 0.15) is 99.1 Å². The minimum Gasteiger partial charge on any atom is -0.394 e. The van der Waals surface area contributed by atoms with Gasteiger partial charge in [0.05, 0.1) is 24.7 Å². The molecule has 3 N–H and O–H groups in total. The Balaban J connectivity index is 1.77. The van der Waals surface area contributed by atoms with Gasteiger partial charge in [-0.2, -0.15) is 0 Å². The summed E-state index contributed by atoms with van der Waals surface area (Å²) in [5, 5.41) is 16.0. The third-order valence-corrected chi connectivity index (χ3v) is 9.66. The Bertz CT molecular complexity index is 1260. The van der Waals surface area contributed by atoms with Gasteiger partial charge in [-0.3, -0.25) is 24.1 Å². The third kappa shape index (κ3) is 9.66. The first-order chi connectivity index (χ1) is 22.1. The second-order valence-corrected chi connectivity index (χ2v) is 15.0. The normalized spacial score (nSPS) is 21.4. The van der Waals surface area contributed by atoms with Crippen LogP contribution in [0.3, 0.4) is 0 Å². The number of likely N-dealkylation sites (N-methyl/N-ethyl adjacent to an activating group) is 1. The van der Waals surface area contributed by atoms with E-state index >= 15 is 0 Å². The monoisotopic (exact) mass is 653 g/mol. The summed E-state index contributed by atoms with van der Waals surface area (Å²) in [6.07, 6.45) is 5.87. The molecule has 10 nitrogen and oxygen atoms in total. The molecule has 47 heavy (non-hydrogen) atoms. The van der Waals surface area contributed by atoms with E-state index in [4.69, 9.17) is 0 Å². The lowest BCUT2D eigenvalue weighted by atomic mass is 9.84. The molecule has 2 aliphatic heterocycles. The molecule has 1 aromatic carbocycles. The average Bonchev–Trinajstić information content (AvgIpc) is 3.53. The van der Waals surface area contributed by atoms with Crippen molar-refractivity contribution in [2.75, 3.05) is 26.7 Å². The van der Waals surface area contributed by atoms with Crippen LogP contribution in [0.15, 0.2) is 42.0 Å².